The van der Waals surface area contributed by atoms with Gasteiger partial charge >= 0.3 is 0 Å². The molecule has 1 aromatic carbocycles. The number of methoxy groups -OCH3 is 1. The molecule has 1 unspecified atom stereocenters. The third-order valence-electron chi connectivity index (χ3n) is 3.11. The first-order valence-corrected chi connectivity index (χ1v) is 5.89. The molecule has 0 aromatic heterocycles. The van der Waals surface area contributed by atoms with E-state index >= 15 is 0 Å². The Kier molecular flexibility index (Phi) is 4.73. The van der Waals surface area contributed by atoms with E-state index in [1.165, 1.54) is 7.11 Å². The highest BCUT2D eigenvalue weighted by molar-refractivity contribution is 5.80. The van der Waals surface area contributed by atoms with Gasteiger partial charge in [-0.3, -0.25) is 4.79 Å². The van der Waals surface area contributed by atoms with Gasteiger partial charge in [-0.2, -0.15) is 0 Å². The maximum Gasteiger partial charge on any atom is 0.153 e. The lowest BCUT2D eigenvalue weighted by Crippen LogP contribution is -2.37. The van der Waals surface area contributed by atoms with Crippen LogP contribution >= 0.6 is 0 Å². The van der Waals surface area contributed by atoms with Crippen molar-refractivity contribution in [2.24, 2.45) is 5.92 Å². The fourth-order valence-corrected chi connectivity index (χ4v) is 1.27. The summed E-state index contributed by atoms with van der Waals surface area (Å²) in [5.74, 6) is 1.11. The van der Waals surface area contributed by atoms with Crippen LogP contribution in [0, 0.1) is 5.92 Å². The first-order valence-electron chi connectivity index (χ1n) is 5.89. The largest absolute Gasteiger partial charge is 0.497 e. The van der Waals surface area contributed by atoms with E-state index in [4.69, 9.17) is 9.47 Å². The van der Waals surface area contributed by atoms with Gasteiger partial charge in [-0.05, 0) is 31.0 Å². The highest BCUT2D eigenvalue weighted by Gasteiger charge is 2.26. The van der Waals surface area contributed by atoms with Crippen molar-refractivity contribution in [1.82, 2.24) is 0 Å². The number of rotatable bonds is 6. The molecule has 0 bridgehead atoms. The Labute approximate surface area is 108 Å². The van der Waals surface area contributed by atoms with E-state index in [0.717, 1.165) is 0 Å². The first kappa shape index (κ1) is 14.5. The van der Waals surface area contributed by atoms with Crippen molar-refractivity contribution in [2.45, 2.75) is 26.4 Å². The Morgan fingerprint density at radius 2 is 2.11 bits per heavy atom. The number of aldehydes is 1. The van der Waals surface area contributed by atoms with Crippen LogP contribution in [0.4, 0.5) is 0 Å². The lowest BCUT2D eigenvalue weighted by atomic mass is 9.94. The van der Waals surface area contributed by atoms with Crippen LogP contribution in [-0.2, 0) is 0 Å². The van der Waals surface area contributed by atoms with Crippen LogP contribution in [0.15, 0.2) is 18.2 Å². The molecule has 0 amide bonds. The minimum absolute atomic E-state index is 0.0652. The predicted octanol–water partition coefficient (Wildman–Crippen LogP) is 2.29. The average Bonchev–Trinajstić information content (AvgIpc) is 2.35. The SMILES string of the molecule is COc1ccc(OCC(C)(O)C(C)C)c(C=O)c1. The van der Waals surface area contributed by atoms with Gasteiger partial charge in [-0.15, -0.1) is 0 Å². The van der Waals surface area contributed by atoms with Crippen molar-refractivity contribution in [3.05, 3.63) is 23.8 Å². The number of carbonyl (C=O) groups excluding carboxylic acids is 1. The Morgan fingerprint density at radius 3 is 2.61 bits per heavy atom. The van der Waals surface area contributed by atoms with Crippen LogP contribution < -0.4 is 9.47 Å². The number of benzene rings is 1. The molecule has 1 atom stereocenters. The second-order valence-corrected chi connectivity index (χ2v) is 4.82. The molecule has 0 fully saturated rings. The van der Waals surface area contributed by atoms with Crippen LogP contribution in [0.1, 0.15) is 31.1 Å². The molecule has 0 radical (unpaired) electrons. The molecule has 0 aliphatic rings. The van der Waals surface area contributed by atoms with Crippen molar-refractivity contribution in [1.29, 1.82) is 0 Å². The van der Waals surface area contributed by atoms with Gasteiger partial charge in [0.1, 0.15) is 18.1 Å². The Balaban J connectivity index is 2.82. The van der Waals surface area contributed by atoms with Gasteiger partial charge in [-0.1, -0.05) is 13.8 Å². The Morgan fingerprint density at radius 1 is 1.44 bits per heavy atom. The highest BCUT2D eigenvalue weighted by atomic mass is 16.5. The smallest absolute Gasteiger partial charge is 0.153 e. The van der Waals surface area contributed by atoms with Crippen molar-refractivity contribution in [2.75, 3.05) is 13.7 Å². The van der Waals surface area contributed by atoms with Gasteiger partial charge in [0.2, 0.25) is 0 Å². The zero-order valence-corrected chi connectivity index (χ0v) is 11.3. The van der Waals surface area contributed by atoms with Gasteiger partial charge in [-0.25, -0.2) is 0 Å². The molecular weight excluding hydrogens is 232 g/mol. The Bertz CT molecular complexity index is 410. The summed E-state index contributed by atoms with van der Waals surface area (Å²) in [6, 6.07) is 4.98. The monoisotopic (exact) mass is 252 g/mol. The van der Waals surface area contributed by atoms with E-state index in [9.17, 15) is 9.90 Å². The van der Waals surface area contributed by atoms with Crippen LogP contribution in [0.5, 0.6) is 11.5 Å². The summed E-state index contributed by atoms with van der Waals surface area (Å²) >= 11 is 0. The summed E-state index contributed by atoms with van der Waals surface area (Å²) in [5.41, 5.74) is -0.519. The van der Waals surface area contributed by atoms with E-state index in [2.05, 4.69) is 0 Å². The van der Waals surface area contributed by atoms with E-state index in [1.807, 2.05) is 13.8 Å². The summed E-state index contributed by atoms with van der Waals surface area (Å²) in [6.45, 7) is 5.68. The second kappa shape index (κ2) is 5.87. The molecule has 0 aliphatic heterocycles. The van der Waals surface area contributed by atoms with Gasteiger partial charge in [0.05, 0.1) is 18.3 Å². The molecule has 0 heterocycles. The summed E-state index contributed by atoms with van der Waals surface area (Å²) < 4.78 is 10.5. The molecule has 4 heteroatoms. The fraction of sp³-hybridized carbons (Fsp3) is 0.500. The van der Waals surface area contributed by atoms with Gasteiger partial charge < -0.3 is 14.6 Å². The lowest BCUT2D eigenvalue weighted by Gasteiger charge is -2.27. The predicted molar refractivity (Wildman–Crippen MR) is 69.3 cm³/mol. The average molecular weight is 252 g/mol. The van der Waals surface area contributed by atoms with Gasteiger partial charge in [0, 0.05) is 0 Å². The zero-order valence-electron chi connectivity index (χ0n) is 11.3. The highest BCUT2D eigenvalue weighted by Crippen LogP contribution is 2.25. The van der Waals surface area contributed by atoms with E-state index < -0.39 is 5.60 Å². The number of aliphatic hydroxyl groups is 1. The normalized spacial score (nSPS) is 14.1. The van der Waals surface area contributed by atoms with Crippen LogP contribution in [0.25, 0.3) is 0 Å². The van der Waals surface area contributed by atoms with E-state index in [1.54, 1.807) is 25.1 Å². The van der Waals surface area contributed by atoms with Gasteiger partial charge in [0.25, 0.3) is 0 Å². The van der Waals surface area contributed by atoms with E-state index in [0.29, 0.717) is 23.3 Å². The summed E-state index contributed by atoms with van der Waals surface area (Å²) in [4.78, 5) is 11.0. The molecule has 4 nitrogen and oxygen atoms in total. The maximum absolute atomic E-state index is 11.0. The van der Waals surface area contributed by atoms with Crippen molar-refractivity contribution >= 4 is 6.29 Å². The molecule has 100 valence electrons. The molecule has 0 aliphatic carbocycles. The molecule has 1 rings (SSSR count). The fourth-order valence-electron chi connectivity index (χ4n) is 1.27. The van der Waals surface area contributed by atoms with Crippen molar-refractivity contribution in [3.8, 4) is 11.5 Å². The van der Waals surface area contributed by atoms with Gasteiger partial charge in [0.15, 0.2) is 6.29 Å². The third-order valence-corrected chi connectivity index (χ3v) is 3.11. The van der Waals surface area contributed by atoms with Crippen LogP contribution in [0.2, 0.25) is 0 Å². The molecular formula is C14H20O4. The number of hydrogen-bond acceptors (Lipinski definition) is 4. The van der Waals surface area contributed by atoms with Crippen molar-refractivity contribution in [3.63, 3.8) is 0 Å². The molecule has 0 spiro atoms. The third kappa shape index (κ3) is 3.47. The first-order chi connectivity index (χ1) is 8.40. The second-order valence-electron chi connectivity index (χ2n) is 4.82. The minimum atomic E-state index is -0.930. The molecule has 1 aromatic rings. The number of carbonyl (C=O) groups is 1. The van der Waals surface area contributed by atoms with Crippen molar-refractivity contribution < 1.29 is 19.4 Å². The standard InChI is InChI=1S/C14H20O4/c1-10(2)14(3,16)9-18-13-6-5-12(17-4)7-11(13)8-15/h5-8,10,16H,9H2,1-4H3. The number of hydrogen-bond donors (Lipinski definition) is 1. The minimum Gasteiger partial charge on any atom is -0.497 e. The summed E-state index contributed by atoms with van der Waals surface area (Å²) in [6.07, 6.45) is 0.710. The molecule has 1 N–H and O–H groups in total. The number of ether oxygens (including phenoxy) is 2. The summed E-state index contributed by atoms with van der Waals surface area (Å²) in [5, 5.41) is 10.1. The lowest BCUT2D eigenvalue weighted by molar-refractivity contribution is -0.0267. The quantitative estimate of drug-likeness (QED) is 0.789. The maximum atomic E-state index is 11.0. The van der Waals surface area contributed by atoms with E-state index in [-0.39, 0.29) is 12.5 Å². The Hall–Kier alpha value is -1.55. The topological polar surface area (TPSA) is 55.8 Å². The molecule has 0 saturated heterocycles. The molecule has 0 saturated carbocycles. The molecule has 18 heavy (non-hydrogen) atoms. The van der Waals surface area contributed by atoms with Crippen LogP contribution in [0.3, 0.4) is 0 Å². The van der Waals surface area contributed by atoms with Crippen LogP contribution in [-0.4, -0.2) is 30.7 Å². The summed E-state index contributed by atoms with van der Waals surface area (Å²) in [7, 11) is 1.54. The zero-order chi connectivity index (χ0) is 13.8.